The van der Waals surface area contributed by atoms with E-state index in [2.05, 4.69) is 0 Å². The average molecular weight is 349 g/mol. The van der Waals surface area contributed by atoms with Gasteiger partial charge in [0, 0.05) is 13.1 Å². The average Bonchev–Trinajstić information content (AvgIpc) is 3.30. The molecule has 5 heteroatoms. The van der Waals surface area contributed by atoms with Crippen LogP contribution in [0.2, 0.25) is 0 Å². The zero-order chi connectivity index (χ0) is 17.9. The largest absolute Gasteiger partial charge is 0.485 e. The van der Waals surface area contributed by atoms with E-state index in [0.29, 0.717) is 13.2 Å². The molecule has 1 amide bonds. The highest BCUT2D eigenvalue weighted by Crippen LogP contribution is 2.21. The van der Waals surface area contributed by atoms with Crippen molar-refractivity contribution in [2.24, 2.45) is 0 Å². The zero-order valence-electron chi connectivity index (χ0n) is 15.0. The fourth-order valence-electron chi connectivity index (χ4n) is 3.47. The molecule has 0 spiro atoms. The number of ether oxygens (including phenoxy) is 1. The molecule has 5 nitrogen and oxygen atoms in total. The number of imidazole rings is 1. The second kappa shape index (κ2) is 7.20. The Bertz CT molecular complexity index is 926. The molecule has 0 atom stereocenters. The molecule has 3 aromatic rings. The third kappa shape index (κ3) is 3.29. The van der Waals surface area contributed by atoms with Gasteiger partial charge in [-0.2, -0.15) is 0 Å². The summed E-state index contributed by atoms with van der Waals surface area (Å²) in [6, 6.07) is 15.9. The number of hydrogen-bond acceptors (Lipinski definition) is 3. The fourth-order valence-corrected chi connectivity index (χ4v) is 3.47. The summed E-state index contributed by atoms with van der Waals surface area (Å²) >= 11 is 0. The number of fused-ring (bicyclic) bond motifs is 1. The summed E-state index contributed by atoms with van der Waals surface area (Å²) in [6.45, 7) is 4.40. The first-order valence-corrected chi connectivity index (χ1v) is 9.13. The molecule has 1 aliphatic heterocycles. The predicted molar refractivity (Wildman–Crippen MR) is 101 cm³/mol. The quantitative estimate of drug-likeness (QED) is 0.708. The Balaban J connectivity index is 1.61. The molecule has 0 aliphatic carbocycles. The maximum absolute atomic E-state index is 12.7. The van der Waals surface area contributed by atoms with Gasteiger partial charge in [-0.25, -0.2) is 4.98 Å². The second-order valence-corrected chi connectivity index (χ2v) is 6.74. The van der Waals surface area contributed by atoms with Gasteiger partial charge in [0.05, 0.1) is 11.0 Å². The Kier molecular flexibility index (Phi) is 4.61. The van der Waals surface area contributed by atoms with Gasteiger partial charge >= 0.3 is 0 Å². The normalized spacial score (nSPS) is 14.1. The monoisotopic (exact) mass is 349 g/mol. The van der Waals surface area contributed by atoms with E-state index in [-0.39, 0.29) is 5.91 Å². The Morgan fingerprint density at radius 2 is 1.81 bits per heavy atom. The molecule has 0 bridgehead atoms. The smallest absolute Gasteiger partial charge is 0.242 e. The summed E-state index contributed by atoms with van der Waals surface area (Å²) in [4.78, 5) is 19.3. The summed E-state index contributed by atoms with van der Waals surface area (Å²) in [5.41, 5.74) is 2.96. The predicted octanol–water partition coefficient (Wildman–Crippen LogP) is 3.55. The van der Waals surface area contributed by atoms with Crippen molar-refractivity contribution in [1.29, 1.82) is 0 Å². The van der Waals surface area contributed by atoms with Gasteiger partial charge in [0.25, 0.3) is 0 Å². The molecule has 4 rings (SSSR count). The molecule has 26 heavy (non-hydrogen) atoms. The van der Waals surface area contributed by atoms with E-state index in [0.717, 1.165) is 54.1 Å². The van der Waals surface area contributed by atoms with Crippen molar-refractivity contribution in [3.05, 3.63) is 59.9 Å². The van der Waals surface area contributed by atoms with E-state index >= 15 is 0 Å². The van der Waals surface area contributed by atoms with Crippen LogP contribution in [0.15, 0.2) is 48.5 Å². The fraction of sp³-hybridized carbons (Fsp3) is 0.333. The van der Waals surface area contributed by atoms with Crippen LogP contribution in [0.3, 0.4) is 0 Å². The lowest BCUT2D eigenvalue weighted by Gasteiger charge is -2.17. The van der Waals surface area contributed by atoms with Crippen LogP contribution in [0.1, 0.15) is 24.2 Å². The Hall–Kier alpha value is -2.82. The van der Waals surface area contributed by atoms with Crippen molar-refractivity contribution < 1.29 is 9.53 Å². The highest BCUT2D eigenvalue weighted by molar-refractivity contribution is 5.81. The van der Waals surface area contributed by atoms with E-state index < -0.39 is 0 Å². The minimum Gasteiger partial charge on any atom is -0.485 e. The maximum atomic E-state index is 12.7. The first-order chi connectivity index (χ1) is 12.7. The molecule has 2 heterocycles. The van der Waals surface area contributed by atoms with E-state index in [4.69, 9.17) is 9.72 Å². The van der Waals surface area contributed by atoms with Crippen molar-refractivity contribution in [3.8, 4) is 5.75 Å². The number of aryl methyl sites for hydroxylation is 1. The highest BCUT2D eigenvalue weighted by atomic mass is 16.5. The Morgan fingerprint density at radius 1 is 1.08 bits per heavy atom. The van der Waals surface area contributed by atoms with Crippen molar-refractivity contribution in [2.75, 3.05) is 13.1 Å². The molecule has 0 unspecified atom stereocenters. The molecular weight excluding hydrogens is 326 g/mol. The summed E-state index contributed by atoms with van der Waals surface area (Å²) in [5.74, 6) is 1.78. The number of aromatic nitrogens is 2. The van der Waals surface area contributed by atoms with Gasteiger partial charge in [0.1, 0.15) is 24.7 Å². The van der Waals surface area contributed by atoms with Crippen molar-refractivity contribution in [1.82, 2.24) is 14.5 Å². The molecule has 1 aliphatic rings. The van der Waals surface area contributed by atoms with Crippen LogP contribution in [0.4, 0.5) is 0 Å². The third-order valence-electron chi connectivity index (χ3n) is 4.94. The first-order valence-electron chi connectivity index (χ1n) is 9.13. The molecule has 2 aromatic carbocycles. The zero-order valence-corrected chi connectivity index (χ0v) is 15.0. The molecule has 0 N–H and O–H groups in total. The Labute approximate surface area is 153 Å². The number of likely N-dealkylation sites (tertiary alicyclic amines) is 1. The number of rotatable bonds is 5. The van der Waals surface area contributed by atoms with Crippen molar-refractivity contribution in [2.45, 2.75) is 32.9 Å². The molecule has 1 aromatic heterocycles. The lowest BCUT2D eigenvalue weighted by molar-refractivity contribution is -0.130. The van der Waals surface area contributed by atoms with Gasteiger partial charge in [-0.05, 0) is 43.5 Å². The Morgan fingerprint density at radius 3 is 2.62 bits per heavy atom. The highest BCUT2D eigenvalue weighted by Gasteiger charge is 2.21. The lowest BCUT2D eigenvalue weighted by atomic mass is 10.2. The van der Waals surface area contributed by atoms with Crippen LogP contribution in [0.25, 0.3) is 11.0 Å². The van der Waals surface area contributed by atoms with E-state index in [1.165, 1.54) is 0 Å². The number of amides is 1. The topological polar surface area (TPSA) is 47.4 Å². The van der Waals surface area contributed by atoms with Gasteiger partial charge in [-0.1, -0.05) is 30.3 Å². The van der Waals surface area contributed by atoms with Crippen molar-refractivity contribution in [3.63, 3.8) is 0 Å². The van der Waals surface area contributed by atoms with Crippen LogP contribution >= 0.6 is 0 Å². The van der Waals surface area contributed by atoms with Crippen LogP contribution in [-0.2, 0) is 17.9 Å². The van der Waals surface area contributed by atoms with Gasteiger partial charge in [-0.3, -0.25) is 4.79 Å². The molecule has 0 radical (unpaired) electrons. The SMILES string of the molecule is Cc1ccccc1OCc1nc2ccccc2n1CC(=O)N1CCCC1. The molecule has 134 valence electrons. The molecule has 1 saturated heterocycles. The third-order valence-corrected chi connectivity index (χ3v) is 4.94. The maximum Gasteiger partial charge on any atom is 0.242 e. The van der Waals surface area contributed by atoms with Crippen LogP contribution < -0.4 is 4.74 Å². The summed E-state index contributed by atoms with van der Waals surface area (Å²) in [6.07, 6.45) is 2.19. The van der Waals surface area contributed by atoms with Gasteiger partial charge in [0.15, 0.2) is 0 Å². The summed E-state index contributed by atoms with van der Waals surface area (Å²) < 4.78 is 7.99. The van der Waals surface area contributed by atoms with E-state index in [1.54, 1.807) is 0 Å². The first kappa shape index (κ1) is 16.6. The van der Waals surface area contributed by atoms with E-state index in [1.807, 2.05) is 64.9 Å². The number of nitrogens with zero attached hydrogens (tertiary/aromatic N) is 3. The van der Waals surface area contributed by atoms with Gasteiger partial charge < -0.3 is 14.2 Å². The second-order valence-electron chi connectivity index (χ2n) is 6.74. The minimum absolute atomic E-state index is 0.155. The lowest BCUT2D eigenvalue weighted by Crippen LogP contribution is -2.31. The van der Waals surface area contributed by atoms with Crippen molar-refractivity contribution >= 4 is 16.9 Å². The van der Waals surface area contributed by atoms with Gasteiger partial charge in [0.2, 0.25) is 5.91 Å². The van der Waals surface area contributed by atoms with Gasteiger partial charge in [-0.15, -0.1) is 0 Å². The number of carbonyl (C=O) groups is 1. The van der Waals surface area contributed by atoms with Crippen LogP contribution in [0, 0.1) is 6.92 Å². The number of benzene rings is 2. The molecular formula is C21H23N3O2. The van der Waals surface area contributed by atoms with Crippen LogP contribution in [-0.4, -0.2) is 33.4 Å². The number of carbonyl (C=O) groups excluding carboxylic acids is 1. The van der Waals surface area contributed by atoms with Crippen LogP contribution in [0.5, 0.6) is 5.75 Å². The minimum atomic E-state index is 0.155. The number of hydrogen-bond donors (Lipinski definition) is 0. The summed E-state index contributed by atoms with van der Waals surface area (Å²) in [7, 11) is 0. The standard InChI is InChI=1S/C21H23N3O2/c1-16-8-2-5-11-19(16)26-15-20-22-17-9-3-4-10-18(17)24(20)14-21(25)23-12-6-7-13-23/h2-5,8-11H,6-7,12-15H2,1H3. The summed E-state index contributed by atoms with van der Waals surface area (Å²) in [5, 5.41) is 0. The molecule has 1 fully saturated rings. The molecule has 0 saturated carbocycles. The number of para-hydroxylation sites is 3. The van der Waals surface area contributed by atoms with E-state index in [9.17, 15) is 4.79 Å².